The molecule has 0 spiro atoms. The number of aryl methyl sites for hydroxylation is 1. The lowest BCUT2D eigenvalue weighted by molar-refractivity contribution is -0.116. The van der Waals surface area contributed by atoms with Crippen LogP contribution in [0.2, 0.25) is 0 Å². The minimum absolute atomic E-state index is 0.0792. The number of methoxy groups -OCH3 is 2. The fourth-order valence-corrected chi connectivity index (χ4v) is 2.15. The Morgan fingerprint density at radius 1 is 1.09 bits per heavy atom. The van der Waals surface area contributed by atoms with Gasteiger partial charge in [-0.3, -0.25) is 4.79 Å². The number of hydrogen-bond acceptors (Lipinski definition) is 4. The molecule has 5 heteroatoms. The van der Waals surface area contributed by atoms with Crippen molar-refractivity contribution in [3.8, 4) is 17.6 Å². The zero-order valence-corrected chi connectivity index (χ0v) is 13.1. The van der Waals surface area contributed by atoms with E-state index in [-0.39, 0.29) is 5.91 Å². The van der Waals surface area contributed by atoms with E-state index in [0.29, 0.717) is 35.6 Å². The normalized spacial score (nSPS) is 9.78. The van der Waals surface area contributed by atoms with E-state index in [1.165, 1.54) is 0 Å². The number of nitriles is 1. The van der Waals surface area contributed by atoms with Gasteiger partial charge in [-0.1, -0.05) is 6.07 Å². The molecule has 0 unspecified atom stereocenters. The van der Waals surface area contributed by atoms with Gasteiger partial charge in [-0.2, -0.15) is 5.26 Å². The summed E-state index contributed by atoms with van der Waals surface area (Å²) in [5, 5.41) is 11.6. The van der Waals surface area contributed by atoms with Crippen molar-refractivity contribution in [2.75, 3.05) is 19.5 Å². The summed E-state index contributed by atoms with van der Waals surface area (Å²) in [6.45, 7) is 0. The molecule has 0 bridgehead atoms. The Morgan fingerprint density at radius 3 is 2.39 bits per heavy atom. The molecule has 0 fully saturated rings. The van der Waals surface area contributed by atoms with E-state index >= 15 is 0 Å². The minimum atomic E-state index is -0.0792. The van der Waals surface area contributed by atoms with Gasteiger partial charge in [-0.15, -0.1) is 0 Å². The Kier molecular flexibility index (Phi) is 5.59. The molecule has 0 aliphatic heterocycles. The van der Waals surface area contributed by atoms with E-state index in [4.69, 9.17) is 14.7 Å². The van der Waals surface area contributed by atoms with Crippen molar-refractivity contribution in [3.05, 3.63) is 53.6 Å². The first kappa shape index (κ1) is 16.4. The van der Waals surface area contributed by atoms with Crippen LogP contribution in [0, 0.1) is 11.3 Å². The summed E-state index contributed by atoms with van der Waals surface area (Å²) < 4.78 is 10.4. The molecule has 0 aliphatic carbocycles. The van der Waals surface area contributed by atoms with Crippen LogP contribution in [-0.4, -0.2) is 20.1 Å². The highest BCUT2D eigenvalue weighted by atomic mass is 16.5. The standard InChI is InChI=1S/C18H18N2O3/c1-22-16-9-5-13(11-17(16)23-2)6-10-18(21)20-15-7-3-14(12-19)4-8-15/h3-5,7-9,11H,6,10H2,1-2H3,(H,20,21). The monoisotopic (exact) mass is 310 g/mol. The Balaban J connectivity index is 1.92. The molecule has 0 atom stereocenters. The Labute approximate surface area is 135 Å². The molecule has 0 saturated heterocycles. The topological polar surface area (TPSA) is 71.3 Å². The summed E-state index contributed by atoms with van der Waals surface area (Å²) in [5.41, 5.74) is 2.24. The van der Waals surface area contributed by atoms with Gasteiger partial charge in [-0.25, -0.2) is 0 Å². The molecular formula is C18H18N2O3. The van der Waals surface area contributed by atoms with Crippen molar-refractivity contribution in [2.24, 2.45) is 0 Å². The first-order valence-corrected chi connectivity index (χ1v) is 7.17. The van der Waals surface area contributed by atoms with Crippen molar-refractivity contribution in [3.63, 3.8) is 0 Å². The van der Waals surface area contributed by atoms with Crippen LogP contribution < -0.4 is 14.8 Å². The summed E-state index contributed by atoms with van der Waals surface area (Å²) in [5.74, 6) is 1.24. The van der Waals surface area contributed by atoms with Gasteiger partial charge in [0.1, 0.15) is 0 Å². The Hall–Kier alpha value is -3.00. The minimum Gasteiger partial charge on any atom is -0.493 e. The molecule has 0 aromatic heterocycles. The first-order chi connectivity index (χ1) is 11.2. The van der Waals surface area contributed by atoms with Crippen molar-refractivity contribution in [1.82, 2.24) is 0 Å². The third kappa shape index (κ3) is 4.48. The van der Waals surface area contributed by atoms with Gasteiger partial charge in [0.2, 0.25) is 5.91 Å². The van der Waals surface area contributed by atoms with Crippen molar-refractivity contribution in [2.45, 2.75) is 12.8 Å². The van der Waals surface area contributed by atoms with Gasteiger partial charge in [0.05, 0.1) is 25.9 Å². The van der Waals surface area contributed by atoms with Crippen molar-refractivity contribution >= 4 is 11.6 Å². The summed E-state index contributed by atoms with van der Waals surface area (Å²) in [6.07, 6.45) is 0.956. The number of ether oxygens (including phenoxy) is 2. The molecule has 23 heavy (non-hydrogen) atoms. The van der Waals surface area contributed by atoms with Gasteiger partial charge < -0.3 is 14.8 Å². The molecule has 2 rings (SSSR count). The van der Waals surface area contributed by atoms with Crippen LogP contribution in [0.15, 0.2) is 42.5 Å². The molecule has 0 aliphatic rings. The van der Waals surface area contributed by atoms with Crippen LogP contribution in [0.5, 0.6) is 11.5 Å². The second kappa shape index (κ2) is 7.85. The average molecular weight is 310 g/mol. The zero-order chi connectivity index (χ0) is 16.7. The zero-order valence-electron chi connectivity index (χ0n) is 13.1. The van der Waals surface area contributed by atoms with E-state index in [0.717, 1.165) is 5.56 Å². The predicted molar refractivity (Wildman–Crippen MR) is 87.7 cm³/mol. The number of benzene rings is 2. The largest absolute Gasteiger partial charge is 0.493 e. The van der Waals surface area contributed by atoms with E-state index in [2.05, 4.69) is 5.32 Å². The number of hydrogen-bond donors (Lipinski definition) is 1. The van der Waals surface area contributed by atoms with E-state index < -0.39 is 0 Å². The molecule has 1 amide bonds. The maximum absolute atomic E-state index is 12.0. The lowest BCUT2D eigenvalue weighted by atomic mass is 10.1. The summed E-state index contributed by atoms with van der Waals surface area (Å²) >= 11 is 0. The number of rotatable bonds is 6. The fraction of sp³-hybridized carbons (Fsp3) is 0.222. The number of carbonyl (C=O) groups is 1. The highest BCUT2D eigenvalue weighted by Gasteiger charge is 2.07. The van der Waals surface area contributed by atoms with Crippen LogP contribution in [-0.2, 0) is 11.2 Å². The molecule has 2 aromatic carbocycles. The Morgan fingerprint density at radius 2 is 1.78 bits per heavy atom. The Bertz CT molecular complexity index is 718. The highest BCUT2D eigenvalue weighted by Crippen LogP contribution is 2.28. The van der Waals surface area contributed by atoms with E-state index in [1.54, 1.807) is 38.5 Å². The number of carbonyl (C=O) groups excluding carboxylic acids is 1. The van der Waals surface area contributed by atoms with Gasteiger partial charge in [0.15, 0.2) is 11.5 Å². The predicted octanol–water partition coefficient (Wildman–Crippen LogP) is 3.15. The fourth-order valence-electron chi connectivity index (χ4n) is 2.15. The number of anilines is 1. The van der Waals surface area contributed by atoms with Gasteiger partial charge in [0.25, 0.3) is 0 Å². The third-order valence-electron chi connectivity index (χ3n) is 3.39. The number of nitrogens with one attached hydrogen (secondary N) is 1. The van der Waals surface area contributed by atoms with Gasteiger partial charge in [0, 0.05) is 12.1 Å². The highest BCUT2D eigenvalue weighted by molar-refractivity contribution is 5.90. The molecule has 0 saturated carbocycles. The molecule has 1 N–H and O–H groups in total. The second-order valence-electron chi connectivity index (χ2n) is 4.93. The van der Waals surface area contributed by atoms with Crippen LogP contribution in [0.1, 0.15) is 17.5 Å². The smallest absolute Gasteiger partial charge is 0.224 e. The van der Waals surface area contributed by atoms with Crippen LogP contribution in [0.4, 0.5) is 5.69 Å². The second-order valence-corrected chi connectivity index (χ2v) is 4.93. The average Bonchev–Trinajstić information content (AvgIpc) is 2.60. The summed E-state index contributed by atoms with van der Waals surface area (Å²) in [6, 6.07) is 14.4. The maximum Gasteiger partial charge on any atom is 0.224 e. The van der Waals surface area contributed by atoms with Crippen LogP contribution >= 0.6 is 0 Å². The lowest BCUT2D eigenvalue weighted by Gasteiger charge is -2.10. The third-order valence-corrected chi connectivity index (χ3v) is 3.39. The van der Waals surface area contributed by atoms with Crippen molar-refractivity contribution < 1.29 is 14.3 Å². The van der Waals surface area contributed by atoms with E-state index in [1.807, 2.05) is 24.3 Å². The summed E-state index contributed by atoms with van der Waals surface area (Å²) in [7, 11) is 3.17. The first-order valence-electron chi connectivity index (χ1n) is 7.17. The quantitative estimate of drug-likeness (QED) is 0.889. The molecule has 118 valence electrons. The van der Waals surface area contributed by atoms with Crippen LogP contribution in [0.25, 0.3) is 0 Å². The van der Waals surface area contributed by atoms with Gasteiger partial charge in [-0.05, 0) is 48.4 Å². The lowest BCUT2D eigenvalue weighted by Crippen LogP contribution is -2.12. The summed E-state index contributed by atoms with van der Waals surface area (Å²) in [4.78, 5) is 12.0. The maximum atomic E-state index is 12.0. The van der Waals surface area contributed by atoms with Crippen LogP contribution in [0.3, 0.4) is 0 Å². The number of amides is 1. The molecular weight excluding hydrogens is 292 g/mol. The number of nitrogens with zero attached hydrogens (tertiary/aromatic N) is 1. The molecule has 0 heterocycles. The molecule has 5 nitrogen and oxygen atoms in total. The SMILES string of the molecule is COc1ccc(CCC(=O)Nc2ccc(C#N)cc2)cc1OC. The van der Waals surface area contributed by atoms with E-state index in [9.17, 15) is 4.79 Å². The van der Waals surface area contributed by atoms with Gasteiger partial charge >= 0.3 is 0 Å². The molecule has 2 aromatic rings. The van der Waals surface area contributed by atoms with Crippen molar-refractivity contribution in [1.29, 1.82) is 5.26 Å². The molecule has 0 radical (unpaired) electrons.